The van der Waals surface area contributed by atoms with Crippen LogP contribution in [0.1, 0.15) is 0 Å². The van der Waals surface area contributed by atoms with E-state index in [4.69, 9.17) is 0 Å². The minimum atomic E-state index is -3.48. The topological polar surface area (TPSA) is 46.2 Å². The lowest BCUT2D eigenvalue weighted by molar-refractivity contribution is 0.590. The molecular weight excluding hydrogens is 246 g/mol. The zero-order chi connectivity index (χ0) is 13.0. The summed E-state index contributed by atoms with van der Waals surface area (Å²) in [6.07, 6.45) is 1.15. The van der Waals surface area contributed by atoms with Gasteiger partial charge in [0, 0.05) is 6.20 Å². The quantitative estimate of drug-likeness (QED) is 0.917. The third-order valence-electron chi connectivity index (χ3n) is 2.51. The van der Waals surface area contributed by atoms with Crippen molar-refractivity contribution in [1.82, 2.24) is 4.72 Å². The van der Waals surface area contributed by atoms with E-state index in [9.17, 15) is 8.42 Å². The van der Waals surface area contributed by atoms with Gasteiger partial charge in [-0.1, -0.05) is 49.0 Å². The first kappa shape index (κ1) is 12.4. The van der Waals surface area contributed by atoms with E-state index in [1.165, 1.54) is 0 Å². The van der Waals surface area contributed by atoms with Crippen molar-refractivity contribution in [1.29, 1.82) is 0 Å². The zero-order valence-electron chi connectivity index (χ0n) is 9.71. The molecule has 0 aliphatic carbocycles. The fourth-order valence-corrected chi connectivity index (χ4v) is 2.48. The van der Waals surface area contributed by atoms with Crippen molar-refractivity contribution in [2.24, 2.45) is 0 Å². The highest BCUT2D eigenvalue weighted by Crippen LogP contribution is 2.20. The maximum atomic E-state index is 11.7. The molecule has 0 fully saturated rings. The third kappa shape index (κ3) is 2.60. The fourth-order valence-electron chi connectivity index (χ4n) is 1.63. The predicted molar refractivity (Wildman–Crippen MR) is 72.4 cm³/mol. The minimum Gasteiger partial charge on any atom is -0.287 e. The number of hydrogen-bond acceptors (Lipinski definition) is 2. The van der Waals surface area contributed by atoms with Crippen LogP contribution < -0.4 is 4.72 Å². The van der Waals surface area contributed by atoms with Gasteiger partial charge >= 0.3 is 0 Å². The van der Waals surface area contributed by atoms with E-state index in [-0.39, 0.29) is 4.90 Å². The van der Waals surface area contributed by atoms with Gasteiger partial charge in [0.15, 0.2) is 0 Å². The molecule has 0 spiro atoms. The second kappa shape index (κ2) is 5.06. The zero-order valence-corrected chi connectivity index (χ0v) is 10.5. The summed E-state index contributed by atoms with van der Waals surface area (Å²) < 4.78 is 25.6. The molecule has 1 N–H and O–H groups in total. The Bertz CT molecular complexity index is 631. The summed E-state index contributed by atoms with van der Waals surface area (Å²) >= 11 is 0. The molecule has 0 bridgehead atoms. The van der Waals surface area contributed by atoms with Gasteiger partial charge in [-0.15, -0.1) is 0 Å². The van der Waals surface area contributed by atoms with E-state index in [1.54, 1.807) is 24.3 Å². The van der Waals surface area contributed by atoms with Crippen molar-refractivity contribution in [3.8, 4) is 11.1 Å². The molecule has 0 heterocycles. The minimum absolute atomic E-state index is 0.224. The van der Waals surface area contributed by atoms with Crippen LogP contribution in [0.5, 0.6) is 0 Å². The third-order valence-corrected chi connectivity index (χ3v) is 3.88. The van der Waals surface area contributed by atoms with Crippen LogP contribution in [0.2, 0.25) is 0 Å². The summed E-state index contributed by atoms with van der Waals surface area (Å²) in [6, 6.07) is 16.5. The molecule has 18 heavy (non-hydrogen) atoms. The second-order valence-corrected chi connectivity index (χ2v) is 5.43. The largest absolute Gasteiger partial charge is 0.287 e. The van der Waals surface area contributed by atoms with Crippen LogP contribution in [-0.2, 0) is 10.0 Å². The lowest BCUT2D eigenvalue weighted by Gasteiger charge is -2.05. The van der Waals surface area contributed by atoms with Crippen LogP contribution in [0, 0.1) is 0 Å². The van der Waals surface area contributed by atoms with Crippen LogP contribution in [0.3, 0.4) is 0 Å². The highest BCUT2D eigenvalue weighted by molar-refractivity contribution is 7.89. The van der Waals surface area contributed by atoms with E-state index in [0.717, 1.165) is 17.3 Å². The predicted octanol–water partition coefficient (Wildman–Crippen LogP) is 2.78. The van der Waals surface area contributed by atoms with Gasteiger partial charge in [-0.3, -0.25) is 4.72 Å². The molecule has 3 nitrogen and oxygen atoms in total. The van der Waals surface area contributed by atoms with Crippen LogP contribution in [0.4, 0.5) is 0 Å². The van der Waals surface area contributed by atoms with Gasteiger partial charge in [0.05, 0.1) is 4.90 Å². The molecule has 0 radical (unpaired) electrons. The Morgan fingerprint density at radius 2 is 1.44 bits per heavy atom. The molecule has 2 aromatic rings. The van der Waals surface area contributed by atoms with Gasteiger partial charge in [0.2, 0.25) is 0 Å². The van der Waals surface area contributed by atoms with E-state index < -0.39 is 10.0 Å². The smallest absolute Gasteiger partial charge is 0.261 e. The Morgan fingerprint density at radius 1 is 0.889 bits per heavy atom. The average molecular weight is 259 g/mol. The monoisotopic (exact) mass is 259 g/mol. The molecule has 0 saturated heterocycles. The van der Waals surface area contributed by atoms with E-state index in [0.29, 0.717) is 0 Å². The van der Waals surface area contributed by atoms with E-state index in [2.05, 4.69) is 11.3 Å². The first-order chi connectivity index (χ1) is 8.63. The van der Waals surface area contributed by atoms with Gasteiger partial charge in [0.1, 0.15) is 0 Å². The van der Waals surface area contributed by atoms with Crippen LogP contribution in [-0.4, -0.2) is 8.42 Å². The van der Waals surface area contributed by atoms with Gasteiger partial charge < -0.3 is 0 Å². The molecule has 0 aliphatic rings. The average Bonchev–Trinajstić information content (AvgIpc) is 2.40. The van der Waals surface area contributed by atoms with Crippen molar-refractivity contribution in [3.63, 3.8) is 0 Å². The Morgan fingerprint density at radius 3 is 2.00 bits per heavy atom. The molecular formula is C14H13NO2S. The van der Waals surface area contributed by atoms with Crippen LogP contribution in [0.15, 0.2) is 72.3 Å². The highest BCUT2D eigenvalue weighted by atomic mass is 32.2. The van der Waals surface area contributed by atoms with Crippen molar-refractivity contribution >= 4 is 10.0 Å². The number of nitrogens with one attached hydrogen (secondary N) is 1. The lowest BCUT2D eigenvalue weighted by Crippen LogP contribution is -2.17. The Balaban J connectivity index is 2.34. The van der Waals surface area contributed by atoms with Crippen molar-refractivity contribution < 1.29 is 8.42 Å². The first-order valence-electron chi connectivity index (χ1n) is 5.42. The molecule has 4 heteroatoms. The number of benzene rings is 2. The summed E-state index contributed by atoms with van der Waals surface area (Å²) in [6.45, 7) is 3.35. The van der Waals surface area contributed by atoms with Crippen molar-refractivity contribution in [2.45, 2.75) is 4.90 Å². The number of sulfonamides is 1. The summed E-state index contributed by atoms with van der Waals surface area (Å²) in [5.74, 6) is 0. The molecule has 0 unspecified atom stereocenters. The Hall–Kier alpha value is -2.07. The summed E-state index contributed by atoms with van der Waals surface area (Å²) in [5.41, 5.74) is 2.03. The summed E-state index contributed by atoms with van der Waals surface area (Å²) in [7, 11) is -3.48. The van der Waals surface area contributed by atoms with Crippen molar-refractivity contribution in [2.75, 3.05) is 0 Å². The van der Waals surface area contributed by atoms with Gasteiger partial charge in [-0.05, 0) is 23.3 Å². The Kier molecular flexibility index (Phi) is 3.48. The molecule has 0 aliphatic heterocycles. The first-order valence-corrected chi connectivity index (χ1v) is 6.90. The van der Waals surface area contributed by atoms with E-state index >= 15 is 0 Å². The van der Waals surface area contributed by atoms with E-state index in [1.807, 2.05) is 30.3 Å². The van der Waals surface area contributed by atoms with Gasteiger partial charge in [0.25, 0.3) is 10.0 Å². The second-order valence-electron chi connectivity index (χ2n) is 3.72. The SMILES string of the molecule is C=CNS(=O)(=O)c1ccc(-c2ccccc2)cc1. The summed E-state index contributed by atoms with van der Waals surface area (Å²) in [4.78, 5) is 0.224. The highest BCUT2D eigenvalue weighted by Gasteiger charge is 2.11. The molecule has 0 aromatic heterocycles. The molecule has 0 atom stereocenters. The molecule has 2 aromatic carbocycles. The lowest BCUT2D eigenvalue weighted by atomic mass is 10.1. The maximum absolute atomic E-state index is 11.7. The normalized spacial score (nSPS) is 10.9. The molecule has 92 valence electrons. The van der Waals surface area contributed by atoms with Crippen LogP contribution >= 0.6 is 0 Å². The number of rotatable bonds is 4. The van der Waals surface area contributed by atoms with Crippen molar-refractivity contribution in [3.05, 3.63) is 67.4 Å². The molecule has 2 rings (SSSR count). The van der Waals surface area contributed by atoms with Gasteiger partial charge in [-0.25, -0.2) is 8.42 Å². The molecule has 0 amide bonds. The van der Waals surface area contributed by atoms with Gasteiger partial charge in [-0.2, -0.15) is 0 Å². The molecule has 0 saturated carbocycles. The maximum Gasteiger partial charge on any atom is 0.261 e. The standard InChI is InChI=1S/C14H13NO2S/c1-2-15-18(16,17)14-10-8-13(9-11-14)12-6-4-3-5-7-12/h2-11,15H,1H2. The fraction of sp³-hybridized carbons (Fsp3) is 0. The number of hydrogen-bond donors (Lipinski definition) is 1. The van der Waals surface area contributed by atoms with Crippen LogP contribution in [0.25, 0.3) is 11.1 Å². The Labute approximate surface area is 107 Å². The summed E-state index contributed by atoms with van der Waals surface area (Å²) in [5, 5.41) is 0.